The van der Waals surface area contributed by atoms with E-state index in [0.29, 0.717) is 0 Å². The van der Waals surface area contributed by atoms with Crippen molar-refractivity contribution < 1.29 is 0 Å². The van der Waals surface area contributed by atoms with Gasteiger partial charge in [-0.25, -0.2) is 0 Å². The molecule has 0 aliphatic heterocycles. The zero-order chi connectivity index (χ0) is 7.03. The SMILES string of the molecule is CCCC12CCC(CC1)C2. The zero-order valence-corrected chi connectivity index (χ0v) is 7.03. The van der Waals surface area contributed by atoms with Crippen molar-refractivity contribution in [3.63, 3.8) is 0 Å². The normalized spacial score (nSPS) is 44.7. The first-order valence-electron chi connectivity index (χ1n) is 4.85. The molecule has 2 aliphatic rings. The number of rotatable bonds is 2. The summed E-state index contributed by atoms with van der Waals surface area (Å²) in [5, 5.41) is 0. The van der Waals surface area contributed by atoms with Gasteiger partial charge >= 0.3 is 0 Å². The van der Waals surface area contributed by atoms with E-state index in [1.807, 2.05) is 0 Å². The molecular formula is C10H18. The predicted octanol–water partition coefficient (Wildman–Crippen LogP) is 3.37. The van der Waals surface area contributed by atoms with Crippen LogP contribution in [0.15, 0.2) is 0 Å². The fourth-order valence-corrected chi connectivity index (χ4v) is 3.19. The maximum atomic E-state index is 2.33. The van der Waals surface area contributed by atoms with E-state index in [4.69, 9.17) is 0 Å². The molecule has 58 valence electrons. The van der Waals surface area contributed by atoms with E-state index in [1.54, 1.807) is 32.1 Å². The van der Waals surface area contributed by atoms with Gasteiger partial charge in [0, 0.05) is 0 Å². The molecule has 0 amide bonds. The fraction of sp³-hybridized carbons (Fsp3) is 1.00. The highest BCUT2D eigenvalue weighted by Gasteiger charge is 2.43. The monoisotopic (exact) mass is 138 g/mol. The lowest BCUT2D eigenvalue weighted by molar-refractivity contribution is 0.268. The lowest BCUT2D eigenvalue weighted by atomic mass is 9.80. The van der Waals surface area contributed by atoms with Crippen LogP contribution in [-0.4, -0.2) is 0 Å². The molecule has 0 heteroatoms. The lowest BCUT2D eigenvalue weighted by Gasteiger charge is -2.25. The van der Waals surface area contributed by atoms with Crippen LogP contribution in [0.5, 0.6) is 0 Å². The van der Waals surface area contributed by atoms with Gasteiger partial charge in [0.25, 0.3) is 0 Å². The first-order chi connectivity index (χ1) is 4.85. The molecule has 0 aromatic carbocycles. The quantitative estimate of drug-likeness (QED) is 0.549. The van der Waals surface area contributed by atoms with Crippen molar-refractivity contribution in [2.24, 2.45) is 11.3 Å². The first kappa shape index (κ1) is 6.69. The third-order valence-corrected chi connectivity index (χ3v) is 3.67. The van der Waals surface area contributed by atoms with Crippen molar-refractivity contribution in [1.82, 2.24) is 0 Å². The van der Waals surface area contributed by atoms with E-state index in [0.717, 1.165) is 11.3 Å². The molecule has 0 aromatic heterocycles. The maximum Gasteiger partial charge on any atom is -0.0295 e. The average Bonchev–Trinajstić information content (AvgIpc) is 2.46. The summed E-state index contributed by atoms with van der Waals surface area (Å²) in [5.41, 5.74) is 0.861. The molecular weight excluding hydrogens is 120 g/mol. The summed E-state index contributed by atoms with van der Waals surface area (Å²) in [5.74, 6) is 1.14. The molecule has 2 bridgehead atoms. The largest absolute Gasteiger partial charge is 0.0654 e. The molecule has 0 heterocycles. The highest BCUT2D eigenvalue weighted by Crippen LogP contribution is 2.56. The Bertz CT molecular complexity index is 118. The van der Waals surface area contributed by atoms with Crippen molar-refractivity contribution in [3.05, 3.63) is 0 Å². The Morgan fingerprint density at radius 1 is 1.30 bits per heavy atom. The van der Waals surface area contributed by atoms with Crippen molar-refractivity contribution in [1.29, 1.82) is 0 Å². The minimum absolute atomic E-state index is 0.861. The van der Waals surface area contributed by atoms with Crippen molar-refractivity contribution in [2.45, 2.75) is 51.9 Å². The second-order valence-corrected chi connectivity index (χ2v) is 4.40. The summed E-state index contributed by atoms with van der Waals surface area (Å²) < 4.78 is 0. The topological polar surface area (TPSA) is 0 Å². The fourth-order valence-electron chi connectivity index (χ4n) is 3.19. The predicted molar refractivity (Wildman–Crippen MR) is 43.9 cm³/mol. The molecule has 0 saturated heterocycles. The van der Waals surface area contributed by atoms with Gasteiger partial charge in [-0.15, -0.1) is 0 Å². The summed E-state index contributed by atoms with van der Waals surface area (Å²) in [4.78, 5) is 0. The number of hydrogen-bond donors (Lipinski definition) is 0. The third kappa shape index (κ3) is 0.889. The lowest BCUT2D eigenvalue weighted by Crippen LogP contribution is -2.12. The molecule has 0 spiro atoms. The minimum atomic E-state index is 0.861. The molecule has 0 aromatic rings. The van der Waals surface area contributed by atoms with Crippen LogP contribution in [0.1, 0.15) is 51.9 Å². The van der Waals surface area contributed by atoms with Crippen LogP contribution >= 0.6 is 0 Å². The Balaban J connectivity index is 2.01. The van der Waals surface area contributed by atoms with Gasteiger partial charge in [-0.3, -0.25) is 0 Å². The van der Waals surface area contributed by atoms with Crippen LogP contribution in [0.4, 0.5) is 0 Å². The molecule has 0 radical (unpaired) electrons. The summed E-state index contributed by atoms with van der Waals surface area (Å²) in [6, 6.07) is 0. The summed E-state index contributed by atoms with van der Waals surface area (Å²) in [6.45, 7) is 2.33. The van der Waals surface area contributed by atoms with Gasteiger partial charge in [0.1, 0.15) is 0 Å². The summed E-state index contributed by atoms with van der Waals surface area (Å²) in [7, 11) is 0. The molecule has 2 fully saturated rings. The smallest absolute Gasteiger partial charge is 0.0295 e. The molecule has 0 atom stereocenters. The summed E-state index contributed by atoms with van der Waals surface area (Å²) >= 11 is 0. The van der Waals surface area contributed by atoms with Crippen LogP contribution < -0.4 is 0 Å². The highest BCUT2D eigenvalue weighted by atomic mass is 14.5. The van der Waals surface area contributed by atoms with E-state index >= 15 is 0 Å². The Kier molecular flexibility index (Phi) is 1.51. The van der Waals surface area contributed by atoms with Crippen LogP contribution in [-0.2, 0) is 0 Å². The Hall–Kier alpha value is 0. The van der Waals surface area contributed by atoms with Crippen molar-refractivity contribution in [2.75, 3.05) is 0 Å². The molecule has 0 unspecified atom stereocenters. The highest BCUT2D eigenvalue weighted by molar-refractivity contribution is 4.95. The molecule has 2 saturated carbocycles. The van der Waals surface area contributed by atoms with E-state index in [1.165, 1.54) is 12.8 Å². The van der Waals surface area contributed by atoms with Gasteiger partial charge in [0.05, 0.1) is 0 Å². The van der Waals surface area contributed by atoms with E-state index in [-0.39, 0.29) is 0 Å². The Morgan fingerprint density at radius 2 is 2.00 bits per heavy atom. The number of fused-ring (bicyclic) bond motifs is 2. The standard InChI is InChI=1S/C10H18/c1-2-5-10-6-3-9(8-10)4-7-10/h9H,2-8H2,1H3. The van der Waals surface area contributed by atoms with Crippen molar-refractivity contribution in [3.8, 4) is 0 Å². The molecule has 0 N–H and O–H groups in total. The van der Waals surface area contributed by atoms with Crippen LogP contribution in [0.2, 0.25) is 0 Å². The van der Waals surface area contributed by atoms with Gasteiger partial charge in [-0.1, -0.05) is 13.3 Å². The van der Waals surface area contributed by atoms with E-state index in [2.05, 4.69) is 6.92 Å². The van der Waals surface area contributed by atoms with E-state index < -0.39 is 0 Å². The van der Waals surface area contributed by atoms with Gasteiger partial charge in [0.2, 0.25) is 0 Å². The van der Waals surface area contributed by atoms with Crippen LogP contribution in [0.3, 0.4) is 0 Å². The van der Waals surface area contributed by atoms with Gasteiger partial charge < -0.3 is 0 Å². The molecule has 2 aliphatic carbocycles. The Morgan fingerprint density at radius 3 is 2.40 bits per heavy atom. The second-order valence-electron chi connectivity index (χ2n) is 4.40. The van der Waals surface area contributed by atoms with E-state index in [9.17, 15) is 0 Å². The Labute approximate surface area is 64.0 Å². The molecule has 10 heavy (non-hydrogen) atoms. The van der Waals surface area contributed by atoms with Gasteiger partial charge in [-0.2, -0.15) is 0 Å². The van der Waals surface area contributed by atoms with Crippen LogP contribution in [0.25, 0.3) is 0 Å². The maximum absolute atomic E-state index is 2.33. The van der Waals surface area contributed by atoms with Crippen molar-refractivity contribution >= 4 is 0 Å². The molecule has 0 nitrogen and oxygen atoms in total. The van der Waals surface area contributed by atoms with Gasteiger partial charge in [-0.05, 0) is 49.9 Å². The van der Waals surface area contributed by atoms with Crippen LogP contribution in [0, 0.1) is 11.3 Å². The molecule has 2 rings (SSSR count). The summed E-state index contributed by atoms with van der Waals surface area (Å²) in [6.07, 6.45) is 10.7. The second kappa shape index (κ2) is 2.25. The average molecular weight is 138 g/mol. The number of hydrogen-bond acceptors (Lipinski definition) is 0. The zero-order valence-electron chi connectivity index (χ0n) is 7.03. The van der Waals surface area contributed by atoms with Gasteiger partial charge in [0.15, 0.2) is 0 Å². The third-order valence-electron chi connectivity index (χ3n) is 3.67. The minimum Gasteiger partial charge on any atom is -0.0654 e. The first-order valence-corrected chi connectivity index (χ1v) is 4.85.